The normalized spacial score (nSPS) is 11.2. The minimum atomic E-state index is -0.755. The van der Waals surface area contributed by atoms with Crippen LogP contribution in [0.2, 0.25) is 0 Å². The summed E-state index contributed by atoms with van der Waals surface area (Å²) in [6.45, 7) is 0. The van der Waals surface area contributed by atoms with Crippen molar-refractivity contribution in [3.05, 3.63) is 185 Å². The van der Waals surface area contributed by atoms with Crippen LogP contribution in [-0.4, -0.2) is 32.3 Å². The van der Waals surface area contributed by atoms with Gasteiger partial charge in [-0.2, -0.15) is 0 Å². The third-order valence-electron chi connectivity index (χ3n) is 8.15. The van der Waals surface area contributed by atoms with Crippen LogP contribution in [0.3, 0.4) is 0 Å². The molecule has 0 saturated heterocycles. The maximum Gasteiger partial charge on any atom is 0.266 e. The van der Waals surface area contributed by atoms with E-state index < -0.39 is 45.4 Å². The van der Waals surface area contributed by atoms with Crippen LogP contribution in [0.1, 0.15) is 41.4 Å². The number of Topliss-reactive ketones (excluding diaryl/α,β-unsaturated/α-hetero) is 4. The van der Waals surface area contributed by atoms with E-state index in [0.717, 1.165) is 9.13 Å². The first-order chi connectivity index (χ1) is 23.2. The van der Waals surface area contributed by atoms with Gasteiger partial charge in [-0.05, 0) is 60.7 Å². The monoisotopic (exact) mass is 632 g/mol. The molecule has 7 rings (SSSR count). The summed E-state index contributed by atoms with van der Waals surface area (Å²) >= 11 is 0. The topological polar surface area (TPSA) is 146 Å². The molecule has 2 heterocycles. The smallest absolute Gasteiger partial charge is 0.266 e. The maximum absolute atomic E-state index is 13.4. The van der Waals surface area contributed by atoms with Gasteiger partial charge in [0.25, 0.3) is 22.2 Å². The third kappa shape index (κ3) is 4.76. The van der Waals surface area contributed by atoms with Crippen molar-refractivity contribution in [3.8, 4) is 11.4 Å². The van der Waals surface area contributed by atoms with Crippen LogP contribution >= 0.6 is 0 Å². The summed E-state index contributed by atoms with van der Waals surface area (Å²) in [5.74, 6) is -2.92. The third-order valence-corrected chi connectivity index (χ3v) is 8.15. The quantitative estimate of drug-likeness (QED) is 0.180. The second-order valence-electron chi connectivity index (χ2n) is 11.0. The lowest BCUT2D eigenvalue weighted by molar-refractivity contribution is 0.0817. The standard InChI is InChI=1S/C38H20N2O8/c41-31(21-7-3-1-4-8-21)33(43)23-11-15-25(16-12-23)39-35(45)27-19-29-30(20-28(27)36(39)46)38(48)40(37(29)47)26-17-13-24(14-18-26)34(44)32(42)22-9-5-2-6-10-22/h1-20H. The number of hydrogen-bond donors (Lipinski definition) is 0. The van der Waals surface area contributed by atoms with Crippen molar-refractivity contribution < 1.29 is 19.2 Å². The molecule has 2 aromatic heterocycles. The lowest BCUT2D eigenvalue weighted by atomic mass is 10.0. The molecule has 5 aromatic carbocycles. The summed E-state index contributed by atoms with van der Waals surface area (Å²) in [5.41, 5.74) is -2.09. The van der Waals surface area contributed by atoms with Gasteiger partial charge in [0.2, 0.25) is 23.1 Å². The van der Waals surface area contributed by atoms with E-state index in [9.17, 15) is 38.4 Å². The van der Waals surface area contributed by atoms with E-state index in [0.29, 0.717) is 0 Å². The van der Waals surface area contributed by atoms with Crippen LogP contribution in [0.5, 0.6) is 0 Å². The summed E-state index contributed by atoms with van der Waals surface area (Å²) in [7, 11) is 0. The number of ketones is 4. The van der Waals surface area contributed by atoms with Crippen molar-refractivity contribution in [2.24, 2.45) is 0 Å². The Morgan fingerprint density at radius 2 is 0.583 bits per heavy atom. The molecule has 0 N–H and O–H groups in total. The SMILES string of the molecule is O=C(C(=O)c1ccc(-n2c(=O)c3cc4c(=O)n(-c5ccc(C(=O)C(=O)c6ccccc6)cc5)c(=O)c4cc3c2=O)cc1)c1ccccc1. The fraction of sp³-hybridized carbons (Fsp3) is 0. The summed E-state index contributed by atoms with van der Waals surface area (Å²) in [4.78, 5) is 104. The van der Waals surface area contributed by atoms with Gasteiger partial charge in [0, 0.05) is 22.3 Å². The Balaban J connectivity index is 1.22. The Labute approximate surface area is 269 Å². The minimum Gasteiger partial charge on any atom is -0.285 e. The molecular formula is C38H20N2O8. The molecule has 0 aliphatic rings. The molecule has 0 saturated carbocycles. The van der Waals surface area contributed by atoms with Gasteiger partial charge in [0.05, 0.1) is 32.9 Å². The van der Waals surface area contributed by atoms with Crippen LogP contribution in [0, 0.1) is 0 Å². The number of fused-ring (bicyclic) bond motifs is 2. The van der Waals surface area contributed by atoms with E-state index >= 15 is 0 Å². The van der Waals surface area contributed by atoms with Crippen molar-refractivity contribution in [1.82, 2.24) is 9.13 Å². The highest BCUT2D eigenvalue weighted by Gasteiger charge is 2.23. The molecule has 0 amide bonds. The molecule has 0 aliphatic heterocycles. The van der Waals surface area contributed by atoms with Gasteiger partial charge < -0.3 is 0 Å². The van der Waals surface area contributed by atoms with E-state index in [1.807, 2.05) is 0 Å². The van der Waals surface area contributed by atoms with Crippen LogP contribution in [0.25, 0.3) is 32.9 Å². The molecule has 48 heavy (non-hydrogen) atoms. The van der Waals surface area contributed by atoms with Gasteiger partial charge in [0.15, 0.2) is 0 Å². The van der Waals surface area contributed by atoms with Crippen LogP contribution < -0.4 is 22.2 Å². The zero-order chi connectivity index (χ0) is 33.7. The van der Waals surface area contributed by atoms with Gasteiger partial charge in [-0.1, -0.05) is 60.7 Å². The highest BCUT2D eigenvalue weighted by molar-refractivity contribution is 6.49. The van der Waals surface area contributed by atoms with Crippen LogP contribution in [0.4, 0.5) is 0 Å². The molecule has 0 radical (unpaired) electrons. The van der Waals surface area contributed by atoms with Crippen molar-refractivity contribution in [2.45, 2.75) is 0 Å². The number of nitrogens with zero attached hydrogens (tertiary/aromatic N) is 2. The largest absolute Gasteiger partial charge is 0.285 e. The summed E-state index contributed by atoms with van der Waals surface area (Å²) in [6.07, 6.45) is 0. The van der Waals surface area contributed by atoms with Crippen LogP contribution in [-0.2, 0) is 0 Å². The highest BCUT2D eigenvalue weighted by atomic mass is 16.2. The second kappa shape index (κ2) is 11.5. The molecule has 0 unspecified atom stereocenters. The van der Waals surface area contributed by atoms with Gasteiger partial charge in [-0.3, -0.25) is 38.4 Å². The van der Waals surface area contributed by atoms with E-state index in [4.69, 9.17) is 0 Å². The van der Waals surface area contributed by atoms with Gasteiger partial charge in [-0.25, -0.2) is 9.13 Å². The highest BCUT2D eigenvalue weighted by Crippen LogP contribution is 2.19. The Hall–Kier alpha value is -6.94. The molecular weight excluding hydrogens is 612 g/mol. The Kier molecular flexibility index (Phi) is 7.10. The molecule has 10 nitrogen and oxygen atoms in total. The van der Waals surface area contributed by atoms with Gasteiger partial charge in [0.1, 0.15) is 0 Å². The van der Waals surface area contributed by atoms with Crippen LogP contribution in [0.15, 0.2) is 141 Å². The van der Waals surface area contributed by atoms with Crippen molar-refractivity contribution in [1.29, 1.82) is 0 Å². The Morgan fingerprint density at radius 3 is 0.854 bits per heavy atom. The first-order valence-corrected chi connectivity index (χ1v) is 14.6. The second-order valence-corrected chi connectivity index (χ2v) is 11.0. The lowest BCUT2D eigenvalue weighted by Crippen LogP contribution is -2.24. The fourth-order valence-corrected chi connectivity index (χ4v) is 5.67. The number of rotatable bonds is 8. The number of carbonyl (C=O) groups excluding carboxylic acids is 4. The summed E-state index contributed by atoms with van der Waals surface area (Å²) < 4.78 is 1.73. The van der Waals surface area contributed by atoms with Crippen molar-refractivity contribution in [2.75, 3.05) is 0 Å². The van der Waals surface area contributed by atoms with E-state index in [1.54, 1.807) is 36.4 Å². The molecule has 0 fully saturated rings. The number of carbonyl (C=O) groups is 4. The van der Waals surface area contributed by atoms with Crippen molar-refractivity contribution >= 4 is 44.7 Å². The fourth-order valence-electron chi connectivity index (χ4n) is 5.67. The zero-order valence-corrected chi connectivity index (χ0v) is 24.7. The van der Waals surface area contributed by atoms with E-state index in [2.05, 4.69) is 0 Å². The van der Waals surface area contributed by atoms with Gasteiger partial charge in [-0.15, -0.1) is 0 Å². The average Bonchev–Trinajstić information content (AvgIpc) is 3.53. The molecule has 0 aliphatic carbocycles. The number of hydrogen-bond acceptors (Lipinski definition) is 8. The maximum atomic E-state index is 13.4. The lowest BCUT2D eigenvalue weighted by Gasteiger charge is -2.04. The van der Waals surface area contributed by atoms with Gasteiger partial charge >= 0.3 is 0 Å². The predicted molar refractivity (Wildman–Crippen MR) is 178 cm³/mol. The van der Waals surface area contributed by atoms with E-state index in [1.165, 1.54) is 84.9 Å². The molecule has 7 aromatic rings. The Bertz CT molecular complexity index is 2420. The molecule has 230 valence electrons. The average molecular weight is 633 g/mol. The molecule has 0 spiro atoms. The first-order valence-electron chi connectivity index (χ1n) is 14.6. The Morgan fingerprint density at radius 1 is 0.333 bits per heavy atom. The number of aromatic nitrogens is 2. The predicted octanol–water partition coefficient (Wildman–Crippen LogP) is 4.02. The number of benzene rings is 5. The summed E-state index contributed by atoms with van der Waals surface area (Å²) in [5, 5.41) is -0.328. The zero-order valence-electron chi connectivity index (χ0n) is 24.7. The molecule has 0 bridgehead atoms. The summed E-state index contributed by atoms with van der Waals surface area (Å²) in [6, 6.07) is 29.3. The molecule has 10 heteroatoms. The van der Waals surface area contributed by atoms with E-state index in [-0.39, 0.29) is 55.2 Å². The van der Waals surface area contributed by atoms with Crippen molar-refractivity contribution in [3.63, 3.8) is 0 Å². The minimum absolute atomic E-state index is 0.0691. The first kappa shape index (κ1) is 29.8. The molecule has 0 atom stereocenters.